The molecule has 2 N–H and O–H groups in total. The van der Waals surface area contributed by atoms with Gasteiger partial charge in [-0.05, 0) is 0 Å². The number of nitrogens with one attached hydrogen (secondary N) is 2. The average Bonchev–Trinajstić information content (AvgIpc) is 2.80. The van der Waals surface area contributed by atoms with E-state index >= 15 is 0 Å². The van der Waals surface area contributed by atoms with E-state index in [-0.39, 0.29) is 11.3 Å². The first kappa shape index (κ1) is 12.6. The van der Waals surface area contributed by atoms with E-state index in [0.717, 1.165) is 11.3 Å². The van der Waals surface area contributed by atoms with Crippen LogP contribution < -0.4 is 10.6 Å². The number of hydrogen-bond acceptors (Lipinski definition) is 3. The third-order valence-electron chi connectivity index (χ3n) is 2.89. The van der Waals surface area contributed by atoms with Gasteiger partial charge in [0.2, 0.25) is 0 Å². The molecule has 2 rings (SSSR count). The van der Waals surface area contributed by atoms with Gasteiger partial charge in [-0.15, -0.1) is 0 Å². The van der Waals surface area contributed by atoms with Gasteiger partial charge in [0.05, 0.1) is 5.69 Å². The number of aryl methyl sites for hydroxylation is 1. The van der Waals surface area contributed by atoms with Crippen molar-refractivity contribution in [2.24, 2.45) is 12.0 Å². The Labute approximate surface area is 106 Å². The molecule has 1 fully saturated rings. The minimum absolute atomic E-state index is 0.0888. The molecule has 0 saturated carbocycles. The summed E-state index contributed by atoms with van der Waals surface area (Å²) < 4.78 is 1.74. The molecule has 2 heterocycles. The van der Waals surface area contributed by atoms with E-state index in [0.29, 0.717) is 5.96 Å². The Balaban J connectivity index is 2.43. The lowest BCUT2D eigenvalue weighted by atomic mass is 9.87. The second-order valence-electron chi connectivity index (χ2n) is 5.50. The highest BCUT2D eigenvalue weighted by Gasteiger charge is 2.35. The summed E-state index contributed by atoms with van der Waals surface area (Å²) in [6.07, 6.45) is 1.89. The predicted octanol–water partition coefficient (Wildman–Crippen LogP) is 0.464. The number of amides is 1. The molecule has 6 heteroatoms. The number of guanidine groups is 1. The average molecular weight is 249 g/mol. The van der Waals surface area contributed by atoms with Crippen LogP contribution in [0.5, 0.6) is 0 Å². The summed E-state index contributed by atoms with van der Waals surface area (Å²) in [4.78, 5) is 15.9. The molecule has 0 aromatic carbocycles. The van der Waals surface area contributed by atoms with Crippen LogP contribution in [0.4, 0.5) is 0 Å². The van der Waals surface area contributed by atoms with Gasteiger partial charge in [-0.25, -0.2) is 0 Å². The molecular weight excluding hydrogens is 230 g/mol. The smallest absolute Gasteiger partial charge is 0.254 e. The van der Waals surface area contributed by atoms with E-state index in [4.69, 9.17) is 0 Å². The molecule has 0 aliphatic carbocycles. The van der Waals surface area contributed by atoms with E-state index in [9.17, 15) is 4.79 Å². The molecule has 0 spiro atoms. The van der Waals surface area contributed by atoms with Gasteiger partial charge in [-0.2, -0.15) is 5.10 Å². The number of nitrogens with zero attached hydrogens (tertiary/aromatic N) is 3. The second kappa shape index (κ2) is 4.12. The molecule has 1 aliphatic rings. The van der Waals surface area contributed by atoms with Gasteiger partial charge in [-0.1, -0.05) is 20.8 Å². The first-order valence-corrected chi connectivity index (χ1v) is 5.91. The lowest BCUT2D eigenvalue weighted by Crippen LogP contribution is -2.25. The Morgan fingerprint density at radius 1 is 1.44 bits per heavy atom. The van der Waals surface area contributed by atoms with Crippen LogP contribution >= 0.6 is 0 Å². The highest BCUT2D eigenvalue weighted by atomic mass is 16.2. The van der Waals surface area contributed by atoms with Gasteiger partial charge in [-0.3, -0.25) is 19.8 Å². The third kappa shape index (κ3) is 2.10. The maximum atomic E-state index is 11.9. The van der Waals surface area contributed by atoms with Crippen LogP contribution in [0.2, 0.25) is 0 Å². The monoisotopic (exact) mass is 249 g/mol. The molecule has 18 heavy (non-hydrogen) atoms. The summed E-state index contributed by atoms with van der Waals surface area (Å²) in [5.41, 5.74) is 1.72. The van der Waals surface area contributed by atoms with Gasteiger partial charge in [0, 0.05) is 31.3 Å². The fraction of sp³-hybridized carbons (Fsp3) is 0.583. The normalized spacial score (nSPS) is 22.2. The van der Waals surface area contributed by atoms with Crippen LogP contribution in [0.15, 0.2) is 11.2 Å². The van der Waals surface area contributed by atoms with Crippen LogP contribution in [0, 0.1) is 0 Å². The van der Waals surface area contributed by atoms with Crippen molar-refractivity contribution in [3.8, 4) is 0 Å². The molecule has 0 bridgehead atoms. The lowest BCUT2D eigenvalue weighted by Gasteiger charge is -2.19. The molecule has 1 atom stereocenters. The minimum Gasteiger partial charge on any atom is -0.340 e. The largest absolute Gasteiger partial charge is 0.340 e. The van der Waals surface area contributed by atoms with E-state index < -0.39 is 6.04 Å². The van der Waals surface area contributed by atoms with Crippen molar-refractivity contribution in [1.82, 2.24) is 20.4 Å². The first-order chi connectivity index (χ1) is 8.32. The quantitative estimate of drug-likeness (QED) is 0.759. The van der Waals surface area contributed by atoms with Gasteiger partial charge in [0.25, 0.3) is 5.91 Å². The Morgan fingerprint density at radius 3 is 2.61 bits per heavy atom. The third-order valence-corrected chi connectivity index (χ3v) is 2.89. The molecule has 98 valence electrons. The van der Waals surface area contributed by atoms with E-state index in [1.165, 1.54) is 0 Å². The Hall–Kier alpha value is -1.85. The van der Waals surface area contributed by atoms with Crippen molar-refractivity contribution in [1.29, 1.82) is 0 Å². The maximum Gasteiger partial charge on any atom is 0.254 e. The van der Waals surface area contributed by atoms with Crippen molar-refractivity contribution >= 4 is 11.9 Å². The maximum absolute atomic E-state index is 11.9. The zero-order valence-electron chi connectivity index (χ0n) is 11.4. The van der Waals surface area contributed by atoms with E-state index in [1.54, 1.807) is 11.7 Å². The summed E-state index contributed by atoms with van der Waals surface area (Å²) in [5, 5.41) is 10.2. The summed E-state index contributed by atoms with van der Waals surface area (Å²) in [6, 6.07) is -0.411. The van der Waals surface area contributed by atoms with Crippen LogP contribution in [0.3, 0.4) is 0 Å². The van der Waals surface area contributed by atoms with E-state index in [1.807, 2.05) is 13.2 Å². The van der Waals surface area contributed by atoms with Crippen molar-refractivity contribution < 1.29 is 4.79 Å². The van der Waals surface area contributed by atoms with Crippen molar-refractivity contribution in [3.63, 3.8) is 0 Å². The molecule has 0 radical (unpaired) electrons. The topological polar surface area (TPSA) is 71.3 Å². The summed E-state index contributed by atoms with van der Waals surface area (Å²) in [6.45, 7) is 6.25. The predicted molar refractivity (Wildman–Crippen MR) is 69.3 cm³/mol. The first-order valence-electron chi connectivity index (χ1n) is 5.91. The summed E-state index contributed by atoms with van der Waals surface area (Å²) in [7, 11) is 3.50. The zero-order valence-corrected chi connectivity index (χ0v) is 11.4. The van der Waals surface area contributed by atoms with Crippen molar-refractivity contribution in [2.75, 3.05) is 7.05 Å². The number of carbonyl (C=O) groups excluding carboxylic acids is 1. The SMILES string of the molecule is CN=C1NC(=O)C(c2cn(C)nc2C(C)(C)C)N1. The number of aromatic nitrogens is 2. The highest BCUT2D eigenvalue weighted by Crippen LogP contribution is 2.29. The molecule has 1 aromatic rings. The highest BCUT2D eigenvalue weighted by molar-refractivity contribution is 6.06. The summed E-state index contributed by atoms with van der Waals surface area (Å²) in [5.74, 6) is 0.419. The van der Waals surface area contributed by atoms with Crippen LogP contribution in [0.25, 0.3) is 0 Å². The minimum atomic E-state index is -0.411. The fourth-order valence-electron chi connectivity index (χ4n) is 2.07. The second-order valence-corrected chi connectivity index (χ2v) is 5.50. The van der Waals surface area contributed by atoms with Crippen LogP contribution in [0.1, 0.15) is 38.1 Å². The van der Waals surface area contributed by atoms with Crippen LogP contribution in [-0.4, -0.2) is 28.7 Å². The van der Waals surface area contributed by atoms with E-state index in [2.05, 4.69) is 41.5 Å². The van der Waals surface area contributed by atoms with Gasteiger partial charge in [0.1, 0.15) is 6.04 Å². The molecule has 1 aromatic heterocycles. The van der Waals surface area contributed by atoms with Crippen LogP contribution in [-0.2, 0) is 17.3 Å². The molecule has 1 amide bonds. The molecule has 1 aliphatic heterocycles. The lowest BCUT2D eigenvalue weighted by molar-refractivity contribution is -0.120. The standard InChI is InChI=1S/C12H19N5O/c1-12(2,3)9-7(6-17(5)16-9)8-10(18)15-11(13-4)14-8/h6,8H,1-5H3,(H2,13,14,15,18). The van der Waals surface area contributed by atoms with Crippen molar-refractivity contribution in [3.05, 3.63) is 17.5 Å². The summed E-state index contributed by atoms with van der Waals surface area (Å²) >= 11 is 0. The number of carbonyl (C=O) groups is 1. The molecule has 1 unspecified atom stereocenters. The Kier molecular flexibility index (Phi) is 2.88. The Morgan fingerprint density at radius 2 is 2.11 bits per heavy atom. The Bertz CT molecular complexity index is 509. The number of hydrogen-bond donors (Lipinski definition) is 2. The molecule has 1 saturated heterocycles. The molecule has 6 nitrogen and oxygen atoms in total. The zero-order chi connectivity index (χ0) is 13.5. The molecular formula is C12H19N5O. The van der Waals surface area contributed by atoms with Gasteiger partial charge < -0.3 is 5.32 Å². The van der Waals surface area contributed by atoms with Gasteiger partial charge >= 0.3 is 0 Å². The fourth-order valence-corrected chi connectivity index (χ4v) is 2.07. The number of rotatable bonds is 1. The van der Waals surface area contributed by atoms with Gasteiger partial charge in [0.15, 0.2) is 5.96 Å². The van der Waals surface area contributed by atoms with Crippen molar-refractivity contribution in [2.45, 2.75) is 32.2 Å². The number of aliphatic imine (C=N–C) groups is 1.